The predicted octanol–water partition coefficient (Wildman–Crippen LogP) is -0.424. The van der Waals surface area contributed by atoms with Crippen LogP contribution < -0.4 is 0 Å². The Balaban J connectivity index is 1.89. The highest BCUT2D eigenvalue weighted by molar-refractivity contribution is 7.89. The molecule has 2 aromatic heterocycles. The zero-order valence-corrected chi connectivity index (χ0v) is 11.6. The summed E-state index contributed by atoms with van der Waals surface area (Å²) < 4.78 is 28.0. The Morgan fingerprint density at radius 2 is 2.10 bits per heavy atom. The van der Waals surface area contributed by atoms with E-state index in [4.69, 9.17) is 5.11 Å². The summed E-state index contributed by atoms with van der Waals surface area (Å²) in [5, 5.41) is 16.2. The number of pyridine rings is 1. The van der Waals surface area contributed by atoms with Crippen molar-refractivity contribution < 1.29 is 18.3 Å². The first-order valence-corrected chi connectivity index (χ1v) is 7.48. The molecule has 1 N–H and O–H groups in total. The summed E-state index contributed by atoms with van der Waals surface area (Å²) in [6, 6.07) is 2.41. The minimum absolute atomic E-state index is 0.0627. The predicted molar refractivity (Wildman–Crippen MR) is 68.8 cm³/mol. The number of fused-ring (bicyclic) bond motifs is 1. The van der Waals surface area contributed by atoms with Crippen LogP contribution in [0.25, 0.3) is 0 Å². The van der Waals surface area contributed by atoms with Gasteiger partial charge in [-0.1, -0.05) is 0 Å². The van der Waals surface area contributed by atoms with Crippen molar-refractivity contribution in [3.05, 3.63) is 36.0 Å². The molecule has 3 rings (SSSR count). The van der Waals surface area contributed by atoms with Gasteiger partial charge in [-0.05, 0) is 12.1 Å². The van der Waals surface area contributed by atoms with Gasteiger partial charge in [0.05, 0.1) is 12.1 Å². The number of hydrogen-bond acceptors (Lipinski definition) is 6. The molecule has 0 radical (unpaired) electrons. The summed E-state index contributed by atoms with van der Waals surface area (Å²) in [5.74, 6) is -0.593. The summed E-state index contributed by atoms with van der Waals surface area (Å²) in [7, 11) is -3.78. The van der Waals surface area contributed by atoms with Gasteiger partial charge in [-0.3, -0.25) is 0 Å². The Morgan fingerprint density at radius 1 is 1.29 bits per heavy atom. The third-order valence-electron chi connectivity index (χ3n) is 3.19. The molecule has 0 saturated carbocycles. The first-order chi connectivity index (χ1) is 9.98. The van der Waals surface area contributed by atoms with Gasteiger partial charge in [0, 0.05) is 19.3 Å². The number of rotatable bonds is 3. The van der Waals surface area contributed by atoms with Crippen molar-refractivity contribution in [2.75, 3.05) is 6.54 Å². The van der Waals surface area contributed by atoms with E-state index in [-0.39, 0.29) is 23.7 Å². The highest BCUT2D eigenvalue weighted by Crippen LogP contribution is 2.19. The molecule has 3 heterocycles. The maximum atomic E-state index is 12.5. The number of nitrogens with zero attached hydrogens (tertiary/aromatic N) is 5. The fourth-order valence-corrected chi connectivity index (χ4v) is 3.34. The Kier molecular flexibility index (Phi) is 3.18. The quantitative estimate of drug-likeness (QED) is 0.817. The molecule has 0 bridgehead atoms. The van der Waals surface area contributed by atoms with Crippen molar-refractivity contribution in [1.82, 2.24) is 24.1 Å². The molecular weight excluding hydrogens is 298 g/mol. The molecule has 0 atom stereocenters. The van der Waals surface area contributed by atoms with Crippen molar-refractivity contribution in [3.63, 3.8) is 0 Å². The fourth-order valence-electron chi connectivity index (χ4n) is 2.04. The fraction of sp³-hybridized carbons (Fsp3) is 0.273. The number of aromatic carboxylic acids is 1. The van der Waals surface area contributed by atoms with E-state index >= 15 is 0 Å². The Morgan fingerprint density at radius 3 is 2.76 bits per heavy atom. The van der Waals surface area contributed by atoms with Crippen LogP contribution in [0.2, 0.25) is 0 Å². The number of sulfonamides is 1. The molecule has 2 aromatic rings. The van der Waals surface area contributed by atoms with Crippen LogP contribution in [-0.4, -0.2) is 50.1 Å². The normalized spacial score (nSPS) is 15.6. The van der Waals surface area contributed by atoms with Crippen LogP contribution in [0.1, 0.15) is 16.2 Å². The van der Waals surface area contributed by atoms with Crippen LogP contribution in [0.5, 0.6) is 0 Å². The minimum Gasteiger partial charge on any atom is -0.478 e. The summed E-state index contributed by atoms with van der Waals surface area (Å²) in [6.45, 7) is 0.870. The molecule has 0 saturated heterocycles. The summed E-state index contributed by atoms with van der Waals surface area (Å²) in [6.07, 6.45) is 2.58. The molecule has 10 heteroatoms. The van der Waals surface area contributed by atoms with Crippen molar-refractivity contribution in [1.29, 1.82) is 0 Å². The smallest absolute Gasteiger partial charge is 0.337 e. The highest BCUT2D eigenvalue weighted by Gasteiger charge is 2.30. The Bertz CT molecular complexity index is 783. The highest BCUT2D eigenvalue weighted by atomic mass is 32.2. The molecule has 1 aliphatic heterocycles. The lowest BCUT2D eigenvalue weighted by molar-refractivity contribution is 0.0696. The van der Waals surface area contributed by atoms with Gasteiger partial charge in [-0.25, -0.2) is 18.2 Å². The van der Waals surface area contributed by atoms with Gasteiger partial charge in [0.15, 0.2) is 5.03 Å². The van der Waals surface area contributed by atoms with Crippen LogP contribution in [0.15, 0.2) is 29.7 Å². The van der Waals surface area contributed by atoms with Crippen molar-refractivity contribution in [2.24, 2.45) is 0 Å². The van der Waals surface area contributed by atoms with Gasteiger partial charge in [-0.15, -0.1) is 10.2 Å². The maximum Gasteiger partial charge on any atom is 0.337 e. The molecule has 110 valence electrons. The molecule has 0 unspecified atom stereocenters. The zero-order chi connectivity index (χ0) is 15.0. The van der Waals surface area contributed by atoms with Gasteiger partial charge < -0.3 is 9.67 Å². The van der Waals surface area contributed by atoms with Crippen LogP contribution in [0.4, 0.5) is 0 Å². The van der Waals surface area contributed by atoms with Crippen molar-refractivity contribution >= 4 is 16.0 Å². The van der Waals surface area contributed by atoms with Crippen molar-refractivity contribution in [2.45, 2.75) is 18.1 Å². The zero-order valence-electron chi connectivity index (χ0n) is 10.7. The molecule has 9 nitrogen and oxygen atoms in total. The summed E-state index contributed by atoms with van der Waals surface area (Å²) >= 11 is 0. The molecule has 1 aliphatic rings. The Labute approximate surface area is 119 Å². The Hall–Kier alpha value is -2.33. The number of carboxylic acids is 1. The topological polar surface area (TPSA) is 118 Å². The first-order valence-electron chi connectivity index (χ1n) is 6.04. The molecule has 0 aromatic carbocycles. The second-order valence-electron chi connectivity index (χ2n) is 4.47. The number of carboxylic acid groups (broad SMARTS) is 1. The molecule has 0 aliphatic carbocycles. The standard InChI is InChI=1S/C11H11N5O4S/c17-11(18)8-1-2-10(12-5-8)21(19,20)16-4-3-15-7-13-14-9(15)6-16/h1-2,5,7H,3-4,6H2,(H,17,18). The number of carbonyl (C=O) groups is 1. The minimum atomic E-state index is -3.78. The van der Waals surface area contributed by atoms with E-state index in [0.29, 0.717) is 12.4 Å². The summed E-state index contributed by atoms with van der Waals surface area (Å²) in [4.78, 5) is 14.5. The van der Waals surface area contributed by atoms with Gasteiger partial charge in [0.2, 0.25) is 0 Å². The van der Waals surface area contributed by atoms with Crippen LogP contribution in [-0.2, 0) is 23.1 Å². The maximum absolute atomic E-state index is 12.5. The van der Waals surface area contributed by atoms with Gasteiger partial charge in [-0.2, -0.15) is 4.31 Å². The lowest BCUT2D eigenvalue weighted by Crippen LogP contribution is -2.38. The number of aromatic nitrogens is 4. The van der Waals surface area contributed by atoms with E-state index in [0.717, 1.165) is 6.20 Å². The SMILES string of the molecule is O=C(O)c1ccc(S(=O)(=O)N2CCn3cnnc3C2)nc1. The second kappa shape index (κ2) is 4.90. The lowest BCUT2D eigenvalue weighted by Gasteiger charge is -2.25. The van der Waals surface area contributed by atoms with E-state index in [9.17, 15) is 13.2 Å². The van der Waals surface area contributed by atoms with Gasteiger partial charge in [0.1, 0.15) is 12.2 Å². The van der Waals surface area contributed by atoms with E-state index in [1.165, 1.54) is 16.4 Å². The second-order valence-corrected chi connectivity index (χ2v) is 6.35. The van der Waals surface area contributed by atoms with E-state index in [1.54, 1.807) is 10.9 Å². The average Bonchev–Trinajstić information content (AvgIpc) is 2.94. The summed E-state index contributed by atoms with van der Waals surface area (Å²) in [5.41, 5.74) is -0.0627. The third kappa shape index (κ3) is 2.38. The largest absolute Gasteiger partial charge is 0.478 e. The lowest BCUT2D eigenvalue weighted by atomic mass is 10.3. The van der Waals surface area contributed by atoms with Crippen molar-refractivity contribution in [3.8, 4) is 0 Å². The van der Waals surface area contributed by atoms with E-state index < -0.39 is 16.0 Å². The molecule has 0 fully saturated rings. The average molecular weight is 309 g/mol. The van der Waals surface area contributed by atoms with Crippen LogP contribution >= 0.6 is 0 Å². The van der Waals surface area contributed by atoms with E-state index in [1.807, 2.05) is 0 Å². The molecule has 0 amide bonds. The first kappa shape index (κ1) is 13.6. The third-order valence-corrected chi connectivity index (χ3v) is 4.95. The van der Waals surface area contributed by atoms with E-state index in [2.05, 4.69) is 15.2 Å². The van der Waals surface area contributed by atoms with Gasteiger partial charge >= 0.3 is 5.97 Å². The van der Waals surface area contributed by atoms with Gasteiger partial charge in [0.25, 0.3) is 10.0 Å². The monoisotopic (exact) mass is 309 g/mol. The number of hydrogen-bond donors (Lipinski definition) is 1. The van der Waals surface area contributed by atoms with Crippen LogP contribution in [0, 0.1) is 0 Å². The molecule has 21 heavy (non-hydrogen) atoms. The molecular formula is C11H11N5O4S. The molecule has 0 spiro atoms. The van der Waals surface area contributed by atoms with Crippen LogP contribution in [0.3, 0.4) is 0 Å².